The fourth-order valence-corrected chi connectivity index (χ4v) is 5.02. The Bertz CT molecular complexity index is 676. The molecule has 4 atom stereocenters. The molecule has 1 saturated carbocycles. The van der Waals surface area contributed by atoms with Gasteiger partial charge in [-0.1, -0.05) is 13.0 Å². The third-order valence-corrected chi connectivity index (χ3v) is 6.29. The molecule has 0 unspecified atom stereocenters. The molecule has 0 saturated heterocycles. The van der Waals surface area contributed by atoms with E-state index in [1.807, 2.05) is 12.1 Å². The number of phenolic OH excluding ortho intramolecular Hbond substituents is 1. The van der Waals surface area contributed by atoms with E-state index < -0.39 is 0 Å². The highest BCUT2D eigenvalue weighted by atomic mass is 16.5. The normalized spacial score (nSPS) is 35.7. The molecule has 0 aromatic heterocycles. The van der Waals surface area contributed by atoms with Gasteiger partial charge in [0.05, 0.1) is 7.11 Å². The summed E-state index contributed by atoms with van der Waals surface area (Å²) in [5.41, 5.74) is 2.39. The van der Waals surface area contributed by atoms with E-state index in [4.69, 9.17) is 4.74 Å². The van der Waals surface area contributed by atoms with E-state index in [0.29, 0.717) is 29.3 Å². The molecule has 1 aromatic rings. The molecule has 3 nitrogen and oxygen atoms in total. The van der Waals surface area contributed by atoms with Crippen molar-refractivity contribution in [2.24, 2.45) is 17.3 Å². The number of carbonyl (C=O) groups excluding carboxylic acids is 1. The first kappa shape index (κ1) is 13.9. The second kappa shape index (κ2) is 4.61. The lowest BCUT2D eigenvalue weighted by Crippen LogP contribution is -2.42. The molecule has 0 heterocycles. The van der Waals surface area contributed by atoms with Gasteiger partial charge in [0.1, 0.15) is 0 Å². The molecule has 0 spiro atoms. The van der Waals surface area contributed by atoms with Crippen molar-refractivity contribution in [1.29, 1.82) is 0 Å². The number of hydrogen-bond donors (Lipinski definition) is 1. The Kier molecular flexibility index (Phi) is 2.91. The van der Waals surface area contributed by atoms with Crippen LogP contribution in [0.25, 0.3) is 0 Å². The zero-order valence-electron chi connectivity index (χ0n) is 13.1. The lowest BCUT2D eigenvalue weighted by atomic mass is 9.55. The highest BCUT2D eigenvalue weighted by Crippen LogP contribution is 2.58. The fourth-order valence-electron chi connectivity index (χ4n) is 5.02. The number of allylic oxidation sites excluding steroid dienone is 2. The number of hydrogen-bond acceptors (Lipinski definition) is 3. The number of phenols is 1. The number of ether oxygens (including phenoxy) is 1. The van der Waals surface area contributed by atoms with Crippen molar-refractivity contribution in [3.8, 4) is 11.5 Å². The standard InChI is InChI=1S/C19H22O3/c1-19-8-7-12-13(15(19)5-6-18(19)21)4-3-11-9-16(20)17(22-2)10-14(11)12/h5-6,9-10,12-13,15,20H,3-4,7-8H2,1-2H3/t12-,13+,15-,19-/m0/s1. The zero-order chi connectivity index (χ0) is 15.5. The van der Waals surface area contributed by atoms with Crippen LogP contribution in [-0.2, 0) is 11.2 Å². The molecule has 0 aliphatic heterocycles. The predicted molar refractivity (Wildman–Crippen MR) is 84.2 cm³/mol. The Morgan fingerprint density at radius 1 is 1.32 bits per heavy atom. The number of carbonyl (C=O) groups is 1. The second-order valence-corrected chi connectivity index (χ2v) is 7.24. The topological polar surface area (TPSA) is 46.5 Å². The quantitative estimate of drug-likeness (QED) is 0.861. The lowest BCUT2D eigenvalue weighted by Gasteiger charge is -2.48. The van der Waals surface area contributed by atoms with Crippen LogP contribution in [0.4, 0.5) is 0 Å². The van der Waals surface area contributed by atoms with Crippen molar-refractivity contribution in [1.82, 2.24) is 0 Å². The molecule has 1 fully saturated rings. The maximum Gasteiger partial charge on any atom is 0.161 e. The van der Waals surface area contributed by atoms with Crippen molar-refractivity contribution in [3.05, 3.63) is 35.4 Å². The van der Waals surface area contributed by atoms with Gasteiger partial charge in [0.15, 0.2) is 17.3 Å². The van der Waals surface area contributed by atoms with Gasteiger partial charge < -0.3 is 9.84 Å². The Morgan fingerprint density at radius 2 is 2.14 bits per heavy atom. The van der Waals surface area contributed by atoms with E-state index in [-0.39, 0.29) is 11.2 Å². The van der Waals surface area contributed by atoms with Gasteiger partial charge in [-0.3, -0.25) is 4.79 Å². The molecule has 3 aliphatic rings. The first-order valence-corrected chi connectivity index (χ1v) is 8.17. The fraction of sp³-hybridized carbons (Fsp3) is 0.526. The largest absolute Gasteiger partial charge is 0.504 e. The summed E-state index contributed by atoms with van der Waals surface area (Å²) in [7, 11) is 1.60. The second-order valence-electron chi connectivity index (χ2n) is 7.24. The Balaban J connectivity index is 1.75. The van der Waals surface area contributed by atoms with E-state index in [2.05, 4.69) is 13.0 Å². The molecule has 1 N–H and O–H groups in total. The number of aromatic hydroxyl groups is 1. The maximum absolute atomic E-state index is 12.3. The molecular formula is C19H22O3. The van der Waals surface area contributed by atoms with Gasteiger partial charge >= 0.3 is 0 Å². The molecule has 1 aromatic carbocycles. The zero-order valence-corrected chi connectivity index (χ0v) is 13.1. The molecule has 0 amide bonds. The van der Waals surface area contributed by atoms with Gasteiger partial charge in [-0.15, -0.1) is 0 Å². The summed E-state index contributed by atoms with van der Waals surface area (Å²) in [6, 6.07) is 3.89. The summed E-state index contributed by atoms with van der Waals surface area (Å²) in [5, 5.41) is 10.0. The average Bonchev–Trinajstić information content (AvgIpc) is 2.82. The van der Waals surface area contributed by atoms with Crippen LogP contribution in [0.15, 0.2) is 24.3 Å². The van der Waals surface area contributed by atoms with Gasteiger partial charge in [-0.25, -0.2) is 0 Å². The summed E-state index contributed by atoms with van der Waals surface area (Å²) in [5.74, 6) is 2.48. The monoisotopic (exact) mass is 298 g/mol. The predicted octanol–water partition coefficient (Wildman–Crippen LogP) is 3.60. The van der Waals surface area contributed by atoms with E-state index >= 15 is 0 Å². The van der Waals surface area contributed by atoms with Crippen LogP contribution >= 0.6 is 0 Å². The highest BCUT2D eigenvalue weighted by Gasteiger charge is 2.52. The SMILES string of the molecule is COc1cc2c(cc1O)CC[C@@H]1[C@@H]2CC[C@]2(C)C(=O)C=C[C@@H]12. The average molecular weight is 298 g/mol. The van der Waals surface area contributed by atoms with Crippen LogP contribution in [0.5, 0.6) is 11.5 Å². The third kappa shape index (κ3) is 1.71. The van der Waals surface area contributed by atoms with Gasteiger partial charge in [-0.05, 0) is 72.8 Å². The molecule has 116 valence electrons. The van der Waals surface area contributed by atoms with Crippen LogP contribution in [0.1, 0.15) is 43.2 Å². The summed E-state index contributed by atoms with van der Waals surface area (Å²) in [6.07, 6.45) is 8.03. The van der Waals surface area contributed by atoms with Crippen molar-refractivity contribution in [2.45, 2.75) is 38.5 Å². The molecule has 3 aliphatic carbocycles. The molecular weight excluding hydrogens is 276 g/mol. The van der Waals surface area contributed by atoms with Crippen molar-refractivity contribution in [3.63, 3.8) is 0 Å². The van der Waals surface area contributed by atoms with E-state index in [1.54, 1.807) is 13.2 Å². The number of ketones is 1. The van der Waals surface area contributed by atoms with Crippen molar-refractivity contribution in [2.75, 3.05) is 7.11 Å². The minimum Gasteiger partial charge on any atom is -0.504 e. The molecule has 0 bridgehead atoms. The molecule has 0 radical (unpaired) electrons. The van der Waals surface area contributed by atoms with Crippen LogP contribution < -0.4 is 4.74 Å². The molecule has 3 heteroatoms. The van der Waals surface area contributed by atoms with Crippen LogP contribution in [0.2, 0.25) is 0 Å². The minimum absolute atomic E-state index is 0.181. The Hall–Kier alpha value is -1.77. The molecule has 4 rings (SSSR count). The van der Waals surface area contributed by atoms with Gasteiger partial charge in [0.25, 0.3) is 0 Å². The van der Waals surface area contributed by atoms with Crippen molar-refractivity contribution < 1.29 is 14.6 Å². The maximum atomic E-state index is 12.3. The first-order chi connectivity index (χ1) is 10.5. The minimum atomic E-state index is -0.181. The van der Waals surface area contributed by atoms with Crippen LogP contribution in [0.3, 0.4) is 0 Å². The first-order valence-electron chi connectivity index (χ1n) is 8.17. The Labute approximate surface area is 131 Å². The van der Waals surface area contributed by atoms with Crippen LogP contribution in [-0.4, -0.2) is 18.0 Å². The third-order valence-electron chi connectivity index (χ3n) is 6.29. The smallest absolute Gasteiger partial charge is 0.161 e. The highest BCUT2D eigenvalue weighted by molar-refractivity contribution is 5.97. The summed E-state index contributed by atoms with van der Waals surface area (Å²) < 4.78 is 5.30. The summed E-state index contributed by atoms with van der Waals surface area (Å²) in [4.78, 5) is 12.3. The number of aryl methyl sites for hydroxylation is 1. The summed E-state index contributed by atoms with van der Waals surface area (Å²) >= 11 is 0. The summed E-state index contributed by atoms with van der Waals surface area (Å²) in [6.45, 7) is 2.14. The number of fused-ring (bicyclic) bond motifs is 5. The number of benzene rings is 1. The van der Waals surface area contributed by atoms with Gasteiger partial charge in [0, 0.05) is 5.41 Å². The lowest BCUT2D eigenvalue weighted by molar-refractivity contribution is -0.126. The van der Waals surface area contributed by atoms with Crippen molar-refractivity contribution >= 4 is 5.78 Å². The van der Waals surface area contributed by atoms with E-state index in [1.165, 1.54) is 11.1 Å². The Morgan fingerprint density at radius 3 is 2.91 bits per heavy atom. The van der Waals surface area contributed by atoms with E-state index in [9.17, 15) is 9.90 Å². The van der Waals surface area contributed by atoms with Gasteiger partial charge in [-0.2, -0.15) is 0 Å². The molecule has 22 heavy (non-hydrogen) atoms. The van der Waals surface area contributed by atoms with Gasteiger partial charge in [0.2, 0.25) is 0 Å². The number of methoxy groups -OCH3 is 1. The van der Waals surface area contributed by atoms with E-state index in [0.717, 1.165) is 25.7 Å². The van der Waals surface area contributed by atoms with Crippen LogP contribution in [0, 0.1) is 17.3 Å². The number of rotatable bonds is 1.